The fourth-order valence-electron chi connectivity index (χ4n) is 2.77. The van der Waals surface area contributed by atoms with Gasteiger partial charge >= 0.3 is 12.0 Å². The van der Waals surface area contributed by atoms with Gasteiger partial charge in [0.05, 0.1) is 12.1 Å². The Balaban J connectivity index is 0.000000229. The normalized spacial score (nSPS) is 28.3. The standard InChI is InChI=1S/C10H16N2O3S.C4H5NO2/c13-8(14)4-2-1-3-7-9-6(5-16-7)11-10(15)12-9;6-3-1-2-4(7)5-3/h6-7,9H,1-5H2,(H,13,14)(H2,11,12,15);1-2H2,(H,5,6,7)/t6-,7-,9-;/m0./s1. The van der Waals surface area contributed by atoms with Gasteiger partial charge in [-0.3, -0.25) is 19.7 Å². The Bertz CT molecular complexity index is 485. The zero-order valence-electron chi connectivity index (χ0n) is 12.7. The number of imide groups is 1. The third kappa shape index (κ3) is 5.42. The Morgan fingerprint density at radius 3 is 2.39 bits per heavy atom. The molecule has 0 spiro atoms. The summed E-state index contributed by atoms with van der Waals surface area (Å²) in [4.78, 5) is 41.7. The molecule has 3 aliphatic heterocycles. The van der Waals surface area contributed by atoms with Gasteiger partial charge in [0.2, 0.25) is 11.8 Å². The van der Waals surface area contributed by atoms with Crippen LogP contribution >= 0.6 is 11.8 Å². The van der Waals surface area contributed by atoms with Crippen molar-refractivity contribution in [3.05, 3.63) is 0 Å². The van der Waals surface area contributed by atoms with Crippen molar-refractivity contribution in [3.8, 4) is 0 Å². The lowest BCUT2D eigenvalue weighted by atomic mass is 10.0. The van der Waals surface area contributed by atoms with Crippen LogP contribution in [0.4, 0.5) is 4.79 Å². The molecule has 0 aromatic heterocycles. The maximum absolute atomic E-state index is 11.1. The summed E-state index contributed by atoms with van der Waals surface area (Å²) in [6.07, 6.45) is 3.63. The van der Waals surface area contributed by atoms with Crippen molar-refractivity contribution in [2.75, 3.05) is 5.75 Å². The SMILES string of the molecule is O=C(O)CCCC[C@@H]1SC[C@@H]2NC(=O)N[C@@H]21.O=C1CCC(=O)N1. The van der Waals surface area contributed by atoms with E-state index >= 15 is 0 Å². The number of hydrogen-bond donors (Lipinski definition) is 4. The zero-order valence-corrected chi connectivity index (χ0v) is 13.5. The maximum atomic E-state index is 11.1. The highest BCUT2D eigenvalue weighted by molar-refractivity contribution is 8.00. The molecule has 0 bridgehead atoms. The lowest BCUT2D eigenvalue weighted by molar-refractivity contribution is -0.137. The molecule has 3 heterocycles. The third-order valence-electron chi connectivity index (χ3n) is 3.93. The van der Waals surface area contributed by atoms with Gasteiger partial charge in [-0.1, -0.05) is 6.42 Å². The smallest absolute Gasteiger partial charge is 0.315 e. The van der Waals surface area contributed by atoms with Crippen LogP contribution in [0.15, 0.2) is 0 Å². The first-order chi connectivity index (χ1) is 11.0. The molecule has 9 heteroatoms. The van der Waals surface area contributed by atoms with Gasteiger partial charge in [0.1, 0.15) is 0 Å². The summed E-state index contributed by atoms with van der Waals surface area (Å²) in [5, 5.41) is 16.9. The first-order valence-electron chi connectivity index (χ1n) is 7.69. The number of carboxylic acids is 1. The van der Waals surface area contributed by atoms with Crippen LogP contribution in [-0.4, -0.2) is 52.0 Å². The lowest BCUT2D eigenvalue weighted by Gasteiger charge is -2.16. The van der Waals surface area contributed by atoms with E-state index in [2.05, 4.69) is 16.0 Å². The zero-order chi connectivity index (χ0) is 16.8. The number of rotatable bonds is 5. The van der Waals surface area contributed by atoms with Crippen molar-refractivity contribution >= 4 is 35.6 Å². The number of urea groups is 1. The molecule has 3 atom stereocenters. The fraction of sp³-hybridized carbons (Fsp3) is 0.714. The molecule has 0 unspecified atom stereocenters. The van der Waals surface area contributed by atoms with Crippen LogP contribution in [0.2, 0.25) is 0 Å². The molecule has 128 valence electrons. The molecule has 0 aromatic carbocycles. The summed E-state index contributed by atoms with van der Waals surface area (Å²) in [7, 11) is 0. The first kappa shape index (κ1) is 17.6. The van der Waals surface area contributed by atoms with Crippen LogP contribution in [0.3, 0.4) is 0 Å². The summed E-state index contributed by atoms with van der Waals surface area (Å²) in [6, 6.07) is 0.440. The summed E-state index contributed by atoms with van der Waals surface area (Å²) >= 11 is 1.87. The molecular formula is C14H21N3O5S. The second kappa shape index (κ2) is 8.19. The van der Waals surface area contributed by atoms with Gasteiger partial charge in [-0.25, -0.2) is 4.79 Å². The minimum absolute atomic E-state index is 0.0640. The number of carbonyl (C=O) groups is 4. The second-order valence-corrected chi connectivity index (χ2v) is 7.00. The number of fused-ring (bicyclic) bond motifs is 1. The summed E-state index contributed by atoms with van der Waals surface area (Å²) in [6.45, 7) is 0. The molecule has 8 nitrogen and oxygen atoms in total. The van der Waals surface area contributed by atoms with Gasteiger partial charge in [-0.2, -0.15) is 11.8 Å². The Labute approximate surface area is 138 Å². The van der Waals surface area contributed by atoms with Crippen LogP contribution in [0, 0.1) is 0 Å². The number of amides is 4. The average molecular weight is 343 g/mol. The number of thioether (sulfide) groups is 1. The molecule has 4 amide bonds. The van der Waals surface area contributed by atoms with Crippen molar-refractivity contribution in [3.63, 3.8) is 0 Å². The van der Waals surface area contributed by atoms with Crippen molar-refractivity contribution in [1.29, 1.82) is 0 Å². The topological polar surface area (TPSA) is 125 Å². The number of nitrogens with one attached hydrogen (secondary N) is 3. The molecular weight excluding hydrogens is 322 g/mol. The Kier molecular flexibility index (Phi) is 6.26. The predicted octanol–water partition coefficient (Wildman–Crippen LogP) is 0.220. The van der Waals surface area contributed by atoms with E-state index in [4.69, 9.17) is 5.11 Å². The van der Waals surface area contributed by atoms with Gasteiger partial charge in [-0.15, -0.1) is 0 Å². The van der Waals surface area contributed by atoms with Gasteiger partial charge in [0.15, 0.2) is 0 Å². The van der Waals surface area contributed by atoms with Crippen molar-refractivity contribution in [2.45, 2.75) is 55.9 Å². The fourth-order valence-corrected chi connectivity index (χ4v) is 4.32. The van der Waals surface area contributed by atoms with Gasteiger partial charge < -0.3 is 15.7 Å². The number of aliphatic carboxylic acids is 1. The second-order valence-electron chi connectivity index (χ2n) is 5.73. The van der Waals surface area contributed by atoms with Crippen LogP contribution in [0.5, 0.6) is 0 Å². The van der Waals surface area contributed by atoms with Gasteiger partial charge in [0, 0.05) is 30.3 Å². The van der Waals surface area contributed by atoms with E-state index in [-0.39, 0.29) is 36.3 Å². The quantitative estimate of drug-likeness (QED) is 0.321. The summed E-state index contributed by atoms with van der Waals surface area (Å²) in [5.41, 5.74) is 0. The number of unbranched alkanes of at least 4 members (excludes halogenated alkanes) is 1. The van der Waals surface area contributed by atoms with Gasteiger partial charge in [-0.05, 0) is 12.8 Å². The highest BCUT2D eigenvalue weighted by Crippen LogP contribution is 2.33. The predicted molar refractivity (Wildman–Crippen MR) is 84.0 cm³/mol. The molecule has 23 heavy (non-hydrogen) atoms. The Morgan fingerprint density at radius 1 is 1.13 bits per heavy atom. The van der Waals surface area contributed by atoms with E-state index in [0.717, 1.165) is 25.0 Å². The Hall–Kier alpha value is -1.77. The van der Waals surface area contributed by atoms with E-state index in [9.17, 15) is 19.2 Å². The van der Waals surface area contributed by atoms with E-state index in [1.807, 2.05) is 11.8 Å². The number of carbonyl (C=O) groups excluding carboxylic acids is 3. The minimum atomic E-state index is -0.729. The van der Waals surface area contributed by atoms with Crippen molar-refractivity contribution in [2.24, 2.45) is 0 Å². The average Bonchev–Trinajstić information content (AvgIpc) is 3.12. The molecule has 0 aromatic rings. The molecule has 0 saturated carbocycles. The maximum Gasteiger partial charge on any atom is 0.315 e. The van der Waals surface area contributed by atoms with Crippen LogP contribution < -0.4 is 16.0 Å². The summed E-state index contributed by atoms with van der Waals surface area (Å²) in [5.74, 6) is -0.0599. The molecule has 4 N–H and O–H groups in total. The lowest BCUT2D eigenvalue weighted by Crippen LogP contribution is -2.36. The van der Waals surface area contributed by atoms with Crippen LogP contribution in [0.25, 0.3) is 0 Å². The first-order valence-corrected chi connectivity index (χ1v) is 8.73. The van der Waals surface area contributed by atoms with E-state index in [1.165, 1.54) is 0 Å². The molecule has 3 aliphatic rings. The molecule has 0 aliphatic carbocycles. The van der Waals surface area contributed by atoms with Crippen molar-refractivity contribution < 1.29 is 24.3 Å². The summed E-state index contributed by atoms with van der Waals surface area (Å²) < 4.78 is 0. The highest BCUT2D eigenvalue weighted by atomic mass is 32.2. The molecule has 3 saturated heterocycles. The number of carboxylic acid groups (broad SMARTS) is 1. The molecule has 3 fully saturated rings. The Morgan fingerprint density at radius 2 is 1.83 bits per heavy atom. The highest BCUT2D eigenvalue weighted by Gasteiger charge is 2.42. The largest absolute Gasteiger partial charge is 0.481 e. The van der Waals surface area contributed by atoms with E-state index in [1.54, 1.807) is 0 Å². The van der Waals surface area contributed by atoms with Gasteiger partial charge in [0.25, 0.3) is 0 Å². The minimum Gasteiger partial charge on any atom is -0.481 e. The van der Waals surface area contributed by atoms with Crippen LogP contribution in [0.1, 0.15) is 38.5 Å². The third-order valence-corrected chi connectivity index (χ3v) is 5.43. The molecule has 3 rings (SSSR count). The monoisotopic (exact) mass is 343 g/mol. The molecule has 0 radical (unpaired) electrons. The van der Waals surface area contributed by atoms with E-state index < -0.39 is 5.97 Å². The van der Waals surface area contributed by atoms with Crippen LogP contribution in [-0.2, 0) is 14.4 Å². The number of hydrogen-bond acceptors (Lipinski definition) is 5. The van der Waals surface area contributed by atoms with E-state index in [0.29, 0.717) is 18.1 Å². The van der Waals surface area contributed by atoms with Crippen molar-refractivity contribution in [1.82, 2.24) is 16.0 Å².